The molecule has 23 heavy (non-hydrogen) atoms. The molecule has 0 saturated carbocycles. The molecular formula is C20H20ClNO. The van der Waals surface area contributed by atoms with Crippen LogP contribution < -0.4 is 4.74 Å². The Balaban J connectivity index is 1.89. The van der Waals surface area contributed by atoms with Crippen molar-refractivity contribution in [2.24, 2.45) is 0 Å². The average molecular weight is 326 g/mol. The third kappa shape index (κ3) is 3.59. The van der Waals surface area contributed by atoms with Gasteiger partial charge in [0.15, 0.2) is 0 Å². The minimum Gasteiger partial charge on any atom is -0.496 e. The summed E-state index contributed by atoms with van der Waals surface area (Å²) in [5.41, 5.74) is 4.57. The van der Waals surface area contributed by atoms with Crippen LogP contribution in [0.4, 0.5) is 0 Å². The number of para-hydroxylation sites is 1. The van der Waals surface area contributed by atoms with E-state index in [1.807, 2.05) is 30.3 Å². The molecule has 1 heterocycles. The summed E-state index contributed by atoms with van der Waals surface area (Å²) in [6, 6.07) is 14.2. The molecule has 118 valence electrons. The molecule has 2 nitrogen and oxygen atoms in total. The zero-order valence-corrected chi connectivity index (χ0v) is 14.2. The number of rotatable bonds is 4. The monoisotopic (exact) mass is 325 g/mol. The molecule has 1 aliphatic heterocycles. The smallest absolute Gasteiger partial charge is 0.126 e. The predicted molar refractivity (Wildman–Crippen MR) is 96.7 cm³/mol. The Kier molecular flexibility index (Phi) is 4.73. The zero-order valence-electron chi connectivity index (χ0n) is 13.4. The van der Waals surface area contributed by atoms with Crippen LogP contribution in [-0.4, -0.2) is 18.6 Å². The maximum atomic E-state index is 6.43. The summed E-state index contributed by atoms with van der Waals surface area (Å²) in [5.74, 6) is 0.836. The number of ether oxygens (including phenoxy) is 1. The Morgan fingerprint density at radius 2 is 1.96 bits per heavy atom. The summed E-state index contributed by atoms with van der Waals surface area (Å²) in [6.07, 6.45) is 6.52. The summed E-state index contributed by atoms with van der Waals surface area (Å²) in [5, 5.41) is 0.739. The number of allylic oxidation sites excluding steroid dienone is 2. The van der Waals surface area contributed by atoms with E-state index in [1.54, 1.807) is 7.11 Å². The van der Waals surface area contributed by atoms with Crippen molar-refractivity contribution >= 4 is 11.6 Å². The highest BCUT2D eigenvalue weighted by molar-refractivity contribution is 6.33. The van der Waals surface area contributed by atoms with Crippen LogP contribution >= 0.6 is 11.6 Å². The molecule has 0 spiro atoms. The van der Waals surface area contributed by atoms with Crippen molar-refractivity contribution in [1.82, 2.24) is 4.90 Å². The summed E-state index contributed by atoms with van der Waals surface area (Å²) < 4.78 is 5.47. The van der Waals surface area contributed by atoms with Crippen LogP contribution in [0.25, 0.3) is 11.1 Å². The molecule has 0 amide bonds. The SMILES string of the molecule is COc1ccccc1-c1cc(CN2C=CC(C)=CC2)ccc1Cl. The van der Waals surface area contributed by atoms with Crippen LogP contribution in [0, 0.1) is 0 Å². The first kappa shape index (κ1) is 15.7. The number of benzene rings is 2. The van der Waals surface area contributed by atoms with E-state index in [0.717, 1.165) is 35.0 Å². The van der Waals surface area contributed by atoms with Gasteiger partial charge in [-0.15, -0.1) is 0 Å². The number of hydrogen-bond acceptors (Lipinski definition) is 2. The summed E-state index contributed by atoms with van der Waals surface area (Å²) in [4.78, 5) is 2.28. The van der Waals surface area contributed by atoms with Gasteiger partial charge in [0.25, 0.3) is 0 Å². The van der Waals surface area contributed by atoms with Gasteiger partial charge in [-0.1, -0.05) is 47.5 Å². The molecular weight excluding hydrogens is 306 g/mol. The van der Waals surface area contributed by atoms with E-state index in [4.69, 9.17) is 16.3 Å². The fourth-order valence-corrected chi connectivity index (χ4v) is 2.93. The molecule has 0 aromatic heterocycles. The highest BCUT2D eigenvalue weighted by Gasteiger charge is 2.11. The third-order valence-corrected chi connectivity index (χ3v) is 4.34. The lowest BCUT2D eigenvalue weighted by atomic mass is 10.0. The molecule has 0 atom stereocenters. The van der Waals surface area contributed by atoms with Crippen LogP contribution in [0.5, 0.6) is 5.75 Å². The highest BCUT2D eigenvalue weighted by Crippen LogP contribution is 2.35. The Morgan fingerprint density at radius 1 is 1.13 bits per heavy atom. The van der Waals surface area contributed by atoms with Gasteiger partial charge in [-0.25, -0.2) is 0 Å². The molecule has 0 N–H and O–H groups in total. The van der Waals surface area contributed by atoms with Crippen LogP contribution in [0.15, 0.2) is 66.4 Å². The minimum atomic E-state index is 0.739. The quantitative estimate of drug-likeness (QED) is 0.757. The summed E-state index contributed by atoms with van der Waals surface area (Å²) in [7, 11) is 1.68. The summed E-state index contributed by atoms with van der Waals surface area (Å²) >= 11 is 6.43. The molecule has 2 aromatic carbocycles. The van der Waals surface area contributed by atoms with E-state index in [0.29, 0.717) is 0 Å². The molecule has 1 aliphatic rings. The Hall–Kier alpha value is -2.19. The first-order valence-corrected chi connectivity index (χ1v) is 8.06. The van der Waals surface area contributed by atoms with Gasteiger partial charge in [-0.2, -0.15) is 0 Å². The normalized spacial score (nSPS) is 13.9. The first-order chi connectivity index (χ1) is 11.2. The van der Waals surface area contributed by atoms with Crippen LogP contribution in [0.2, 0.25) is 5.02 Å². The van der Waals surface area contributed by atoms with E-state index in [1.165, 1.54) is 11.1 Å². The maximum absolute atomic E-state index is 6.43. The van der Waals surface area contributed by atoms with Gasteiger partial charge in [0, 0.05) is 29.2 Å². The van der Waals surface area contributed by atoms with Gasteiger partial charge in [0.05, 0.1) is 7.11 Å². The first-order valence-electron chi connectivity index (χ1n) is 7.68. The second-order valence-electron chi connectivity index (χ2n) is 5.71. The number of nitrogens with zero attached hydrogens (tertiary/aromatic N) is 1. The van der Waals surface area contributed by atoms with Crippen molar-refractivity contribution in [3.8, 4) is 16.9 Å². The predicted octanol–water partition coefficient (Wildman–Crippen LogP) is 5.29. The van der Waals surface area contributed by atoms with Crippen molar-refractivity contribution in [1.29, 1.82) is 0 Å². The lowest BCUT2D eigenvalue weighted by Gasteiger charge is -2.22. The maximum Gasteiger partial charge on any atom is 0.126 e. The van der Waals surface area contributed by atoms with Crippen molar-refractivity contribution < 1.29 is 4.74 Å². The number of hydrogen-bond donors (Lipinski definition) is 0. The van der Waals surface area contributed by atoms with Crippen molar-refractivity contribution in [3.05, 3.63) is 77.0 Å². The fraction of sp³-hybridized carbons (Fsp3) is 0.200. The third-order valence-electron chi connectivity index (χ3n) is 4.01. The van der Waals surface area contributed by atoms with E-state index in [9.17, 15) is 0 Å². The highest BCUT2D eigenvalue weighted by atomic mass is 35.5. The van der Waals surface area contributed by atoms with Crippen LogP contribution in [0.1, 0.15) is 12.5 Å². The van der Waals surface area contributed by atoms with E-state index >= 15 is 0 Å². The Labute approximate surface area is 142 Å². The molecule has 0 unspecified atom stereocenters. The minimum absolute atomic E-state index is 0.739. The molecule has 3 rings (SSSR count). The van der Waals surface area contributed by atoms with Gasteiger partial charge in [0.2, 0.25) is 0 Å². The van der Waals surface area contributed by atoms with Crippen LogP contribution in [0.3, 0.4) is 0 Å². The van der Waals surface area contributed by atoms with E-state index in [2.05, 4.69) is 42.3 Å². The van der Waals surface area contributed by atoms with E-state index in [-0.39, 0.29) is 0 Å². The van der Waals surface area contributed by atoms with Crippen molar-refractivity contribution in [2.45, 2.75) is 13.5 Å². The van der Waals surface area contributed by atoms with Gasteiger partial charge in [-0.3, -0.25) is 0 Å². The molecule has 0 aliphatic carbocycles. The standard InChI is InChI=1S/C20H20ClNO/c1-15-9-11-22(12-10-15)14-16-7-8-19(21)18(13-16)17-5-3-4-6-20(17)23-2/h3-11,13H,12,14H2,1-2H3. The zero-order chi connectivity index (χ0) is 16.2. The molecule has 0 saturated heterocycles. The fourth-order valence-electron chi connectivity index (χ4n) is 2.71. The molecule has 0 bridgehead atoms. The van der Waals surface area contributed by atoms with Gasteiger partial charge in [0.1, 0.15) is 5.75 Å². The van der Waals surface area contributed by atoms with Gasteiger partial charge < -0.3 is 9.64 Å². The van der Waals surface area contributed by atoms with Gasteiger partial charge in [-0.05, 0) is 43.0 Å². The molecule has 2 aromatic rings. The van der Waals surface area contributed by atoms with Crippen molar-refractivity contribution in [3.63, 3.8) is 0 Å². The Morgan fingerprint density at radius 3 is 2.70 bits per heavy atom. The molecule has 0 radical (unpaired) electrons. The Bertz CT molecular complexity index is 764. The topological polar surface area (TPSA) is 12.5 Å². The molecule has 3 heteroatoms. The second kappa shape index (κ2) is 6.93. The largest absolute Gasteiger partial charge is 0.496 e. The number of halogens is 1. The summed E-state index contributed by atoms with van der Waals surface area (Å²) in [6.45, 7) is 3.92. The lowest BCUT2D eigenvalue weighted by molar-refractivity contribution is 0.404. The van der Waals surface area contributed by atoms with E-state index < -0.39 is 0 Å². The lowest BCUT2D eigenvalue weighted by Crippen LogP contribution is -2.19. The van der Waals surface area contributed by atoms with Crippen molar-refractivity contribution in [2.75, 3.05) is 13.7 Å². The van der Waals surface area contributed by atoms with Gasteiger partial charge >= 0.3 is 0 Å². The average Bonchev–Trinajstić information content (AvgIpc) is 2.58. The molecule has 0 fully saturated rings. The van der Waals surface area contributed by atoms with Crippen LogP contribution in [-0.2, 0) is 6.54 Å². The second-order valence-corrected chi connectivity index (χ2v) is 6.12. The number of methoxy groups -OCH3 is 1.